The number of fused-ring (bicyclic) bond motifs is 1. The molecule has 3 fully saturated rings. The van der Waals surface area contributed by atoms with Crippen LogP contribution in [0.2, 0.25) is 0 Å². The molecule has 3 saturated heterocycles. The molecule has 3 aromatic carbocycles. The third-order valence-corrected chi connectivity index (χ3v) is 11.4. The summed E-state index contributed by atoms with van der Waals surface area (Å²) in [5.41, 5.74) is 0.342. The summed E-state index contributed by atoms with van der Waals surface area (Å²) in [4.78, 5) is 35.8. The number of ether oxygens (including phenoxy) is 10. The smallest absolute Gasteiger partial charge is 0.330 e. The Morgan fingerprint density at radius 1 is 0.690 bits per heavy atom. The molecule has 15 atom stereocenters. The van der Waals surface area contributed by atoms with Crippen molar-refractivity contribution in [3.05, 3.63) is 77.1 Å². The fourth-order valence-corrected chi connectivity index (χ4v) is 7.63. The second kappa shape index (κ2) is 22.3. The molecule has 0 bridgehead atoms. The molecule has 0 spiro atoms. The summed E-state index contributed by atoms with van der Waals surface area (Å²) in [6.07, 6.45) is -25.0. The number of rotatable bonds is 16. The van der Waals surface area contributed by atoms with E-state index in [4.69, 9.17) is 52.5 Å². The lowest BCUT2D eigenvalue weighted by Gasteiger charge is -2.45. The van der Waals surface area contributed by atoms with Crippen molar-refractivity contribution in [3.8, 4) is 40.2 Å². The average Bonchev–Trinajstić information content (AvgIpc) is 3.33. The quantitative estimate of drug-likeness (QED) is 0.0312. The number of aliphatic hydroxyl groups is 8. The normalized spacial score (nSPS) is 31.6. The number of phenolic OH excluding ortho intramolecular Hbond substituents is 4. The van der Waals surface area contributed by atoms with Crippen LogP contribution in [0.15, 0.2) is 60.4 Å². The van der Waals surface area contributed by atoms with E-state index in [1.807, 2.05) is 0 Å². The molecule has 71 heavy (non-hydrogen) atoms. The molecule has 4 heterocycles. The van der Waals surface area contributed by atoms with Crippen molar-refractivity contribution in [2.45, 2.75) is 98.5 Å². The van der Waals surface area contributed by atoms with Crippen LogP contribution in [0.3, 0.4) is 0 Å². The minimum Gasteiger partial charge on any atom is -0.508 e. The first kappa shape index (κ1) is 52.3. The number of carbonyl (C=O) groups excluding carboxylic acids is 2. The molecule has 13 N–H and O–H groups in total. The fraction of sp³-hybridized carbons (Fsp3) is 0.444. The van der Waals surface area contributed by atoms with Crippen LogP contribution < -0.4 is 14.2 Å². The van der Waals surface area contributed by atoms with Crippen LogP contribution in [0.5, 0.6) is 40.2 Å². The Hall–Kier alpha value is -6.53. The number of carboxylic acid groups (broad SMARTS) is 1. The van der Waals surface area contributed by atoms with Gasteiger partial charge in [-0.25, -0.2) is 4.79 Å². The van der Waals surface area contributed by atoms with Crippen LogP contribution in [-0.2, 0) is 47.5 Å². The lowest BCUT2D eigenvalue weighted by molar-refractivity contribution is -0.352. The first-order valence-corrected chi connectivity index (χ1v) is 21.4. The van der Waals surface area contributed by atoms with Crippen molar-refractivity contribution in [3.63, 3.8) is 0 Å². The molecule has 0 radical (unpaired) electrons. The van der Waals surface area contributed by atoms with Gasteiger partial charge in [0, 0.05) is 23.8 Å². The molecule has 3 aromatic rings. The number of hydrogen-bond donors (Lipinski definition) is 13. The van der Waals surface area contributed by atoms with Gasteiger partial charge in [0.25, 0.3) is 0 Å². The monoisotopic (exact) mass is 1010 g/mol. The van der Waals surface area contributed by atoms with E-state index in [0.717, 1.165) is 30.3 Å². The summed E-state index contributed by atoms with van der Waals surface area (Å²) >= 11 is 0. The van der Waals surface area contributed by atoms with Gasteiger partial charge in [-0.05, 0) is 42.0 Å². The van der Waals surface area contributed by atoms with Crippen molar-refractivity contribution >= 4 is 30.1 Å². The summed E-state index contributed by atoms with van der Waals surface area (Å²) < 4.78 is 56.8. The lowest BCUT2D eigenvalue weighted by Crippen LogP contribution is -2.63. The Morgan fingerprint density at radius 2 is 1.37 bits per heavy atom. The molecule has 386 valence electrons. The molecule has 0 aliphatic carbocycles. The van der Waals surface area contributed by atoms with Crippen molar-refractivity contribution in [1.29, 1.82) is 0 Å². The molecule has 7 rings (SSSR count). The van der Waals surface area contributed by atoms with E-state index in [1.54, 1.807) is 0 Å². The van der Waals surface area contributed by atoms with Gasteiger partial charge in [-0.2, -0.15) is 0 Å². The molecular weight excluding hydrogens is 956 g/mol. The van der Waals surface area contributed by atoms with Gasteiger partial charge < -0.3 is 114 Å². The van der Waals surface area contributed by atoms with Crippen molar-refractivity contribution in [2.75, 3.05) is 26.9 Å². The highest BCUT2D eigenvalue weighted by Gasteiger charge is 2.52. The van der Waals surface area contributed by atoms with Gasteiger partial charge in [0.2, 0.25) is 12.6 Å². The first-order chi connectivity index (χ1) is 33.7. The van der Waals surface area contributed by atoms with Gasteiger partial charge in [0.1, 0.15) is 104 Å². The standard InChI is InChI=1S/C45H50O26/c1-62-27-8-17(2-5-22(27)48)3-7-32(53)63-15-30-36(57)38(59)42(71-43-39(60)34(55)24(50)14-65-43)45(70-30)68-28-12-20-25(66-41(28)18-4-6-21(47)23(49)9-18)10-19(46)11-26(20)67-44-40(61)37(58)35(56)29(69-44)16-64-33(54)13-31(51)52/h2-12,24,29-30,34-50,55-61H,13-16H2,1H3,(H,51,52)/t24-,29-,30-,34+,35-,36-,37+,38+,39-,40-,41-,42-,43+,44-,45-/m1/s1. The fourth-order valence-electron chi connectivity index (χ4n) is 7.63. The van der Waals surface area contributed by atoms with Crippen molar-refractivity contribution < 1.29 is 128 Å². The first-order valence-electron chi connectivity index (χ1n) is 21.4. The van der Waals surface area contributed by atoms with Gasteiger partial charge in [0.05, 0.1) is 19.3 Å². The van der Waals surface area contributed by atoms with E-state index in [2.05, 4.69) is 0 Å². The minimum atomic E-state index is -2.05. The lowest BCUT2D eigenvalue weighted by atomic mass is 9.97. The molecule has 26 heteroatoms. The summed E-state index contributed by atoms with van der Waals surface area (Å²) in [5.74, 6) is -6.37. The van der Waals surface area contributed by atoms with E-state index < -0.39 is 154 Å². The van der Waals surface area contributed by atoms with Crippen LogP contribution in [0.4, 0.5) is 0 Å². The van der Waals surface area contributed by atoms with Gasteiger partial charge in [-0.15, -0.1) is 0 Å². The number of methoxy groups -OCH3 is 1. The van der Waals surface area contributed by atoms with Gasteiger partial charge in [-0.1, -0.05) is 12.1 Å². The number of carbonyl (C=O) groups is 3. The Bertz CT molecular complexity index is 2460. The number of esters is 2. The molecule has 0 unspecified atom stereocenters. The molecule has 0 amide bonds. The second-order valence-electron chi connectivity index (χ2n) is 16.4. The van der Waals surface area contributed by atoms with Gasteiger partial charge in [-0.3, -0.25) is 9.59 Å². The summed E-state index contributed by atoms with van der Waals surface area (Å²) in [6.45, 7) is -2.13. The maximum Gasteiger partial charge on any atom is 0.330 e. The number of carboxylic acids is 1. The average molecular weight is 1010 g/mol. The highest BCUT2D eigenvalue weighted by atomic mass is 16.8. The van der Waals surface area contributed by atoms with Crippen LogP contribution in [0.25, 0.3) is 12.2 Å². The van der Waals surface area contributed by atoms with Gasteiger partial charge >= 0.3 is 17.9 Å². The maximum atomic E-state index is 12.9. The minimum absolute atomic E-state index is 0.0481. The van der Waals surface area contributed by atoms with E-state index >= 15 is 0 Å². The highest BCUT2D eigenvalue weighted by Crippen LogP contribution is 2.47. The molecule has 26 nitrogen and oxygen atoms in total. The predicted molar refractivity (Wildman–Crippen MR) is 229 cm³/mol. The third kappa shape index (κ3) is 12.0. The summed E-state index contributed by atoms with van der Waals surface area (Å²) in [7, 11) is 1.33. The van der Waals surface area contributed by atoms with E-state index in [-0.39, 0.29) is 39.9 Å². The number of phenols is 4. The van der Waals surface area contributed by atoms with E-state index in [0.29, 0.717) is 5.56 Å². The Labute approximate surface area is 400 Å². The van der Waals surface area contributed by atoms with E-state index in [9.17, 15) is 75.7 Å². The zero-order chi connectivity index (χ0) is 51.4. The SMILES string of the molecule is COc1cc(C=CC(=O)OC[C@H]2O[C@@H](OC3=Cc4c(O[C@@H]5O[C@H](COC(=O)CC(=O)O)[C@@H](O)[C@H](O)[C@H]5O)cc(O)cc4O[C@@H]3c3ccc(O)c(O)c3)[C@H](O[C@@H]3OC[C@@H](O)[C@H](O)[C@H]3O)[C@@H](O)[C@@H]2O)ccc1O. The van der Waals surface area contributed by atoms with Crippen LogP contribution in [-0.4, -0.2) is 197 Å². The molecule has 4 aliphatic rings. The second-order valence-corrected chi connectivity index (χ2v) is 16.4. The Kier molecular flexibility index (Phi) is 16.4. The third-order valence-electron chi connectivity index (χ3n) is 11.4. The number of aliphatic carboxylic acids is 1. The van der Waals surface area contributed by atoms with Crippen molar-refractivity contribution in [2.24, 2.45) is 0 Å². The van der Waals surface area contributed by atoms with Crippen LogP contribution in [0.1, 0.15) is 29.2 Å². The van der Waals surface area contributed by atoms with Crippen LogP contribution >= 0.6 is 0 Å². The van der Waals surface area contributed by atoms with Crippen LogP contribution in [0, 0.1) is 0 Å². The number of benzene rings is 3. The Morgan fingerprint density at radius 3 is 2.07 bits per heavy atom. The Balaban J connectivity index is 1.22. The maximum absolute atomic E-state index is 12.9. The predicted octanol–water partition coefficient (Wildman–Crippen LogP) is -2.26. The highest BCUT2D eigenvalue weighted by molar-refractivity contribution is 5.90. The van der Waals surface area contributed by atoms with Gasteiger partial charge in [0.15, 0.2) is 41.5 Å². The molecule has 0 saturated carbocycles. The number of hydrogen-bond acceptors (Lipinski definition) is 25. The summed E-state index contributed by atoms with van der Waals surface area (Å²) in [5, 5.41) is 137. The number of aliphatic hydroxyl groups excluding tert-OH is 8. The number of aromatic hydroxyl groups is 4. The molecule has 4 aliphatic heterocycles. The van der Waals surface area contributed by atoms with E-state index in [1.165, 1.54) is 43.5 Å². The molecule has 0 aromatic heterocycles. The summed E-state index contributed by atoms with van der Waals surface area (Å²) in [6, 6.07) is 9.79. The topological polar surface area (TPSA) is 407 Å². The molecular formula is C45H50O26. The zero-order valence-corrected chi connectivity index (χ0v) is 37.0. The van der Waals surface area contributed by atoms with Crippen molar-refractivity contribution in [1.82, 2.24) is 0 Å². The largest absolute Gasteiger partial charge is 0.508 e. The zero-order valence-electron chi connectivity index (χ0n) is 37.0.